The quantitative estimate of drug-likeness (QED) is 0.704. The second kappa shape index (κ2) is 9.65. The third-order valence-corrected chi connectivity index (χ3v) is 4.12. The van der Waals surface area contributed by atoms with Gasteiger partial charge in [-0.2, -0.15) is 13.2 Å². The number of hydrogen-bond acceptors (Lipinski definition) is 4. The predicted octanol–water partition coefficient (Wildman–Crippen LogP) is 4.32. The van der Waals surface area contributed by atoms with E-state index < -0.39 is 12.8 Å². The molecule has 0 unspecified atom stereocenters. The molecule has 0 aromatic heterocycles. The molecule has 5 nitrogen and oxygen atoms in total. The lowest BCUT2D eigenvalue weighted by Gasteiger charge is -2.19. The number of nitrogens with zero attached hydrogens (tertiary/aromatic N) is 1. The van der Waals surface area contributed by atoms with Crippen molar-refractivity contribution in [2.24, 2.45) is 0 Å². The molecule has 0 aliphatic heterocycles. The number of carbonyl (C=O) groups excluding carboxylic acids is 1. The van der Waals surface area contributed by atoms with Crippen LogP contribution in [0.2, 0.25) is 0 Å². The van der Waals surface area contributed by atoms with Crippen molar-refractivity contribution < 1.29 is 27.4 Å². The van der Waals surface area contributed by atoms with Gasteiger partial charge in [0.1, 0.15) is 11.5 Å². The summed E-state index contributed by atoms with van der Waals surface area (Å²) in [5, 5.41) is 2.81. The fraction of sp³-hybridized carbons (Fsp3) is 0.381. The van der Waals surface area contributed by atoms with E-state index in [2.05, 4.69) is 5.32 Å². The summed E-state index contributed by atoms with van der Waals surface area (Å²) in [6, 6.07) is 10.6. The van der Waals surface area contributed by atoms with Crippen LogP contribution in [0.5, 0.6) is 11.5 Å². The van der Waals surface area contributed by atoms with Gasteiger partial charge in [0.25, 0.3) is 0 Å². The van der Waals surface area contributed by atoms with E-state index in [0.717, 1.165) is 5.56 Å². The van der Waals surface area contributed by atoms with Gasteiger partial charge in [-0.25, -0.2) is 0 Å². The van der Waals surface area contributed by atoms with Crippen molar-refractivity contribution in [3.05, 3.63) is 53.1 Å². The van der Waals surface area contributed by atoms with Crippen LogP contribution in [0.3, 0.4) is 0 Å². The average Bonchev–Trinajstić information content (AvgIpc) is 2.59. The number of aryl methyl sites for hydroxylation is 2. The van der Waals surface area contributed by atoms with Gasteiger partial charge in [0.15, 0.2) is 6.61 Å². The van der Waals surface area contributed by atoms with Crippen LogP contribution in [0.15, 0.2) is 36.4 Å². The summed E-state index contributed by atoms with van der Waals surface area (Å²) in [6.45, 7) is 2.71. The minimum Gasteiger partial charge on any atom is -0.497 e. The number of hydrogen-bond donors (Lipinski definition) is 1. The summed E-state index contributed by atoms with van der Waals surface area (Å²) in [5.74, 6) is 0.707. The van der Waals surface area contributed by atoms with Crippen LogP contribution in [-0.4, -0.2) is 44.3 Å². The Hall–Kier alpha value is -2.74. The van der Waals surface area contributed by atoms with Gasteiger partial charge in [0.2, 0.25) is 5.91 Å². The zero-order valence-electron chi connectivity index (χ0n) is 16.9. The van der Waals surface area contributed by atoms with E-state index in [-0.39, 0.29) is 18.2 Å². The maximum Gasteiger partial charge on any atom is 0.422 e. The van der Waals surface area contributed by atoms with Gasteiger partial charge < -0.3 is 14.8 Å². The lowest BCUT2D eigenvalue weighted by atomic mass is 10.1. The molecule has 0 bridgehead atoms. The first-order chi connectivity index (χ1) is 13.6. The molecule has 0 heterocycles. The average molecular weight is 410 g/mol. The Bertz CT molecular complexity index is 830. The third kappa shape index (κ3) is 7.30. The number of halogens is 3. The Labute approximate surface area is 168 Å². The number of carbonyl (C=O) groups is 1. The lowest BCUT2D eigenvalue weighted by Crippen LogP contribution is -2.29. The number of benzene rings is 2. The molecular weight excluding hydrogens is 385 g/mol. The fourth-order valence-corrected chi connectivity index (χ4v) is 3.03. The van der Waals surface area contributed by atoms with Crippen molar-refractivity contribution in [3.8, 4) is 11.5 Å². The minimum atomic E-state index is -4.38. The molecule has 2 aromatic rings. The predicted molar refractivity (Wildman–Crippen MR) is 105 cm³/mol. The summed E-state index contributed by atoms with van der Waals surface area (Å²) >= 11 is 0. The third-order valence-electron chi connectivity index (χ3n) is 4.12. The number of methoxy groups -OCH3 is 1. The maximum atomic E-state index is 12.4. The van der Waals surface area contributed by atoms with Gasteiger partial charge in [0, 0.05) is 18.3 Å². The van der Waals surface area contributed by atoms with Crippen molar-refractivity contribution in [1.82, 2.24) is 4.90 Å². The number of alkyl halides is 3. The monoisotopic (exact) mass is 410 g/mol. The van der Waals surface area contributed by atoms with E-state index in [1.165, 1.54) is 0 Å². The molecule has 0 atom stereocenters. The first-order valence-electron chi connectivity index (χ1n) is 8.99. The van der Waals surface area contributed by atoms with Crippen LogP contribution in [0, 0.1) is 13.8 Å². The number of likely N-dealkylation sites (N-methyl/N-ethyl adjacent to an activating group) is 1. The van der Waals surface area contributed by atoms with Gasteiger partial charge in [0.05, 0.1) is 13.7 Å². The molecule has 158 valence electrons. The molecule has 0 aliphatic carbocycles. The Balaban J connectivity index is 1.95. The fourth-order valence-electron chi connectivity index (χ4n) is 3.03. The first kappa shape index (κ1) is 22.5. The molecule has 0 saturated heterocycles. The van der Waals surface area contributed by atoms with Crippen LogP contribution in [0.25, 0.3) is 0 Å². The molecule has 8 heteroatoms. The van der Waals surface area contributed by atoms with E-state index in [4.69, 9.17) is 9.47 Å². The molecule has 29 heavy (non-hydrogen) atoms. The SMILES string of the molecule is COc1cccc(NC(=O)CN(C)Cc2cc(C)c(OCC(F)(F)F)c(C)c2)c1. The number of anilines is 1. The van der Waals surface area contributed by atoms with Crippen LogP contribution >= 0.6 is 0 Å². The Kier molecular flexibility index (Phi) is 7.50. The van der Waals surface area contributed by atoms with E-state index in [9.17, 15) is 18.0 Å². The summed E-state index contributed by atoms with van der Waals surface area (Å²) in [4.78, 5) is 14.1. The molecule has 0 aliphatic rings. The van der Waals surface area contributed by atoms with Crippen molar-refractivity contribution in [2.75, 3.05) is 32.6 Å². The van der Waals surface area contributed by atoms with Gasteiger partial charge in [-0.05, 0) is 49.7 Å². The molecule has 1 amide bonds. The van der Waals surface area contributed by atoms with Crippen LogP contribution < -0.4 is 14.8 Å². The number of amides is 1. The largest absolute Gasteiger partial charge is 0.497 e. The Morgan fingerprint density at radius 2 is 1.79 bits per heavy atom. The van der Waals surface area contributed by atoms with Crippen molar-refractivity contribution in [3.63, 3.8) is 0 Å². The molecule has 2 rings (SSSR count). The van der Waals surface area contributed by atoms with E-state index in [1.54, 1.807) is 64.4 Å². The highest BCUT2D eigenvalue weighted by molar-refractivity contribution is 5.92. The summed E-state index contributed by atoms with van der Waals surface area (Å²) in [5.41, 5.74) is 2.77. The van der Waals surface area contributed by atoms with Crippen LogP contribution in [-0.2, 0) is 11.3 Å². The van der Waals surface area contributed by atoms with E-state index >= 15 is 0 Å². The molecule has 0 saturated carbocycles. The molecular formula is C21H25F3N2O3. The number of ether oxygens (including phenoxy) is 2. The number of nitrogens with one attached hydrogen (secondary N) is 1. The summed E-state index contributed by atoms with van der Waals surface area (Å²) in [7, 11) is 3.35. The topological polar surface area (TPSA) is 50.8 Å². The standard InChI is InChI=1S/C21H25F3N2O3/c1-14-8-16(9-15(2)20(14)29-13-21(22,23)24)11-26(3)12-19(27)25-17-6-5-7-18(10-17)28-4/h5-10H,11-13H2,1-4H3,(H,25,27). The Morgan fingerprint density at radius 1 is 1.14 bits per heavy atom. The zero-order valence-corrected chi connectivity index (χ0v) is 16.9. The smallest absolute Gasteiger partial charge is 0.422 e. The summed E-state index contributed by atoms with van der Waals surface area (Å²) in [6.07, 6.45) is -4.38. The van der Waals surface area contributed by atoms with Crippen molar-refractivity contribution in [2.45, 2.75) is 26.6 Å². The molecule has 1 N–H and O–H groups in total. The maximum absolute atomic E-state index is 12.4. The van der Waals surface area contributed by atoms with E-state index in [0.29, 0.717) is 29.1 Å². The van der Waals surface area contributed by atoms with Gasteiger partial charge in [-0.15, -0.1) is 0 Å². The molecule has 2 aromatic carbocycles. The second-order valence-corrected chi connectivity index (χ2v) is 6.92. The van der Waals surface area contributed by atoms with Crippen molar-refractivity contribution >= 4 is 11.6 Å². The highest BCUT2D eigenvalue weighted by Crippen LogP contribution is 2.27. The van der Waals surface area contributed by atoms with Gasteiger partial charge >= 0.3 is 6.18 Å². The lowest BCUT2D eigenvalue weighted by molar-refractivity contribution is -0.153. The molecule has 0 spiro atoms. The minimum absolute atomic E-state index is 0.154. The highest BCUT2D eigenvalue weighted by atomic mass is 19.4. The molecule has 0 fully saturated rings. The van der Waals surface area contributed by atoms with Crippen LogP contribution in [0.4, 0.5) is 18.9 Å². The normalized spacial score (nSPS) is 11.4. The van der Waals surface area contributed by atoms with Gasteiger partial charge in [-0.1, -0.05) is 18.2 Å². The van der Waals surface area contributed by atoms with Gasteiger partial charge in [-0.3, -0.25) is 9.69 Å². The second-order valence-electron chi connectivity index (χ2n) is 6.92. The van der Waals surface area contributed by atoms with Crippen molar-refractivity contribution in [1.29, 1.82) is 0 Å². The summed E-state index contributed by atoms with van der Waals surface area (Å²) < 4.78 is 47.3. The van der Waals surface area contributed by atoms with E-state index in [1.807, 2.05) is 4.90 Å². The zero-order chi connectivity index (χ0) is 21.6. The highest BCUT2D eigenvalue weighted by Gasteiger charge is 2.29. The molecule has 0 radical (unpaired) electrons. The Morgan fingerprint density at radius 3 is 2.38 bits per heavy atom. The number of rotatable bonds is 8. The van der Waals surface area contributed by atoms with Crippen LogP contribution in [0.1, 0.15) is 16.7 Å². The first-order valence-corrected chi connectivity index (χ1v) is 8.99.